The minimum absolute atomic E-state index is 0.167. The number of nitrogens with one attached hydrogen (secondary N) is 1. The van der Waals surface area contributed by atoms with Crippen LogP contribution in [0, 0.1) is 0 Å². The molecule has 2 amide bonds. The van der Waals surface area contributed by atoms with Crippen LogP contribution in [0.2, 0.25) is 0 Å². The van der Waals surface area contributed by atoms with Gasteiger partial charge in [0.05, 0.1) is 6.04 Å². The lowest BCUT2D eigenvalue weighted by molar-refractivity contribution is -0.124. The minimum Gasteiger partial charge on any atom is -0.444 e. The third-order valence-electron chi connectivity index (χ3n) is 3.26. The van der Waals surface area contributed by atoms with Crippen LogP contribution in [0.5, 0.6) is 0 Å². The molecular formula is C14H18N2O3. The number of alkyl carbamates (subject to hydrolysis) is 1. The summed E-state index contributed by atoms with van der Waals surface area (Å²) in [7, 11) is 1.88. The van der Waals surface area contributed by atoms with E-state index in [9.17, 15) is 9.59 Å². The summed E-state index contributed by atoms with van der Waals surface area (Å²) in [4.78, 5) is 25.3. The number of nitrogens with zero attached hydrogens (tertiary/aromatic N) is 1. The molecule has 1 aliphatic rings. The Bertz CT molecular complexity index is 447. The van der Waals surface area contributed by atoms with Crippen LogP contribution in [-0.2, 0) is 16.1 Å². The smallest absolute Gasteiger partial charge is 0.414 e. The number of benzene rings is 1. The number of likely N-dealkylation sites (N-methyl/N-ethyl adjacent to an activating group) is 1. The molecular weight excluding hydrogens is 244 g/mol. The number of carbonyl (C=O) groups excluding carboxylic acids is 2. The van der Waals surface area contributed by atoms with Crippen molar-refractivity contribution in [3.63, 3.8) is 0 Å². The summed E-state index contributed by atoms with van der Waals surface area (Å²) < 4.78 is 5.00. The van der Waals surface area contributed by atoms with Crippen LogP contribution >= 0.6 is 0 Å². The van der Waals surface area contributed by atoms with Gasteiger partial charge < -0.3 is 4.74 Å². The predicted molar refractivity (Wildman–Crippen MR) is 70.4 cm³/mol. The number of hydrogen-bond acceptors (Lipinski definition) is 4. The van der Waals surface area contributed by atoms with Gasteiger partial charge in [-0.15, -0.1) is 0 Å². The quantitative estimate of drug-likeness (QED) is 0.897. The number of carbonyl (C=O) groups is 2. The average molecular weight is 262 g/mol. The number of rotatable bonds is 3. The first-order valence-electron chi connectivity index (χ1n) is 6.38. The highest BCUT2D eigenvalue weighted by Gasteiger charge is 2.28. The fraction of sp³-hybridized carbons (Fsp3) is 0.429. The molecule has 1 fully saturated rings. The van der Waals surface area contributed by atoms with E-state index < -0.39 is 6.09 Å². The largest absolute Gasteiger partial charge is 0.444 e. The molecule has 0 radical (unpaired) electrons. The first kappa shape index (κ1) is 13.5. The maximum atomic E-state index is 11.8. The van der Waals surface area contributed by atoms with E-state index in [1.165, 1.54) is 0 Å². The SMILES string of the molecule is CN1CCC[C@H]1C(=O)NC(=O)OCc1ccccc1. The first-order valence-corrected chi connectivity index (χ1v) is 6.38. The Balaban J connectivity index is 1.76. The van der Waals surface area contributed by atoms with Crippen LogP contribution in [0.1, 0.15) is 18.4 Å². The van der Waals surface area contributed by atoms with Gasteiger partial charge >= 0.3 is 6.09 Å². The fourth-order valence-electron chi connectivity index (χ4n) is 2.18. The van der Waals surface area contributed by atoms with Crippen molar-refractivity contribution >= 4 is 12.0 Å². The third kappa shape index (κ3) is 3.79. The summed E-state index contributed by atoms with van der Waals surface area (Å²) in [6, 6.07) is 9.14. The summed E-state index contributed by atoms with van der Waals surface area (Å²) in [5.74, 6) is -0.280. The van der Waals surface area contributed by atoms with Crippen LogP contribution < -0.4 is 5.32 Å². The summed E-state index contributed by atoms with van der Waals surface area (Å²) in [5, 5.41) is 2.28. The highest BCUT2D eigenvalue weighted by molar-refractivity contribution is 5.94. The fourth-order valence-corrected chi connectivity index (χ4v) is 2.18. The van der Waals surface area contributed by atoms with E-state index in [0.717, 1.165) is 24.9 Å². The zero-order chi connectivity index (χ0) is 13.7. The Labute approximate surface area is 112 Å². The van der Waals surface area contributed by atoms with Crippen molar-refractivity contribution in [3.8, 4) is 0 Å². The topological polar surface area (TPSA) is 58.6 Å². The molecule has 0 aromatic heterocycles. The average Bonchev–Trinajstić information content (AvgIpc) is 2.84. The molecule has 0 bridgehead atoms. The summed E-state index contributed by atoms with van der Waals surface area (Å²) in [5.41, 5.74) is 0.892. The molecule has 1 aromatic rings. The number of ether oxygens (including phenoxy) is 1. The van der Waals surface area contributed by atoms with E-state index in [0.29, 0.717) is 0 Å². The van der Waals surface area contributed by atoms with Gasteiger partial charge in [-0.05, 0) is 32.0 Å². The molecule has 1 aromatic carbocycles. The van der Waals surface area contributed by atoms with Crippen LogP contribution in [0.4, 0.5) is 4.79 Å². The highest BCUT2D eigenvalue weighted by atomic mass is 16.5. The standard InChI is InChI=1S/C14H18N2O3/c1-16-9-5-8-12(16)13(17)15-14(18)19-10-11-6-3-2-4-7-11/h2-4,6-7,12H,5,8-10H2,1H3,(H,15,17,18)/t12-/m0/s1. The van der Waals surface area contributed by atoms with E-state index in [-0.39, 0.29) is 18.6 Å². The van der Waals surface area contributed by atoms with Crippen LogP contribution in [0.3, 0.4) is 0 Å². The Hall–Kier alpha value is -1.88. The van der Waals surface area contributed by atoms with Gasteiger partial charge in [0, 0.05) is 0 Å². The molecule has 1 atom stereocenters. The molecule has 5 heteroatoms. The maximum Gasteiger partial charge on any atom is 0.414 e. The van der Waals surface area contributed by atoms with E-state index in [2.05, 4.69) is 5.32 Å². The Morgan fingerprint density at radius 2 is 2.11 bits per heavy atom. The lowest BCUT2D eigenvalue weighted by atomic mass is 10.2. The second-order valence-electron chi connectivity index (χ2n) is 4.69. The Morgan fingerprint density at radius 1 is 1.37 bits per heavy atom. The summed E-state index contributed by atoms with van der Waals surface area (Å²) in [6.07, 6.45) is 1.08. The van der Waals surface area contributed by atoms with Gasteiger partial charge in [-0.1, -0.05) is 30.3 Å². The summed E-state index contributed by atoms with van der Waals surface area (Å²) >= 11 is 0. The number of amides is 2. The van der Waals surface area contributed by atoms with Gasteiger partial charge in [0.15, 0.2) is 0 Å². The van der Waals surface area contributed by atoms with Gasteiger partial charge in [-0.25, -0.2) is 4.79 Å². The summed E-state index contributed by atoms with van der Waals surface area (Å²) in [6.45, 7) is 1.05. The van der Waals surface area contributed by atoms with E-state index >= 15 is 0 Å². The van der Waals surface area contributed by atoms with Crippen LogP contribution in [-0.4, -0.2) is 36.5 Å². The van der Waals surface area contributed by atoms with Gasteiger partial charge in [-0.2, -0.15) is 0 Å². The molecule has 5 nitrogen and oxygen atoms in total. The predicted octanol–water partition coefficient (Wildman–Crippen LogP) is 1.53. The zero-order valence-electron chi connectivity index (χ0n) is 11.0. The molecule has 0 spiro atoms. The van der Waals surface area contributed by atoms with Crippen molar-refractivity contribution in [1.82, 2.24) is 10.2 Å². The Kier molecular flexibility index (Phi) is 4.52. The monoisotopic (exact) mass is 262 g/mol. The maximum absolute atomic E-state index is 11.8. The van der Waals surface area contributed by atoms with Gasteiger partial charge in [0.25, 0.3) is 0 Å². The van der Waals surface area contributed by atoms with Crippen molar-refractivity contribution in [3.05, 3.63) is 35.9 Å². The van der Waals surface area contributed by atoms with Crippen LogP contribution in [0.25, 0.3) is 0 Å². The number of likely N-dealkylation sites (tertiary alicyclic amines) is 1. The van der Waals surface area contributed by atoms with Crippen molar-refractivity contribution in [2.24, 2.45) is 0 Å². The second kappa shape index (κ2) is 6.33. The highest BCUT2D eigenvalue weighted by Crippen LogP contribution is 2.14. The molecule has 0 aliphatic carbocycles. The molecule has 1 heterocycles. The molecule has 1 aliphatic heterocycles. The van der Waals surface area contributed by atoms with E-state index in [4.69, 9.17) is 4.74 Å². The van der Waals surface area contributed by atoms with Crippen molar-refractivity contribution in [2.75, 3.05) is 13.6 Å². The lowest BCUT2D eigenvalue weighted by Crippen LogP contribution is -2.44. The minimum atomic E-state index is -0.686. The molecule has 1 N–H and O–H groups in total. The normalized spacial score (nSPS) is 19.1. The van der Waals surface area contributed by atoms with Crippen molar-refractivity contribution in [2.45, 2.75) is 25.5 Å². The third-order valence-corrected chi connectivity index (χ3v) is 3.26. The number of hydrogen-bond donors (Lipinski definition) is 1. The Morgan fingerprint density at radius 3 is 2.74 bits per heavy atom. The zero-order valence-corrected chi connectivity index (χ0v) is 11.0. The van der Waals surface area contributed by atoms with Crippen molar-refractivity contribution < 1.29 is 14.3 Å². The molecule has 0 saturated carbocycles. The molecule has 19 heavy (non-hydrogen) atoms. The molecule has 2 rings (SSSR count). The van der Waals surface area contributed by atoms with Gasteiger partial charge in [0.1, 0.15) is 6.61 Å². The van der Waals surface area contributed by atoms with Crippen LogP contribution in [0.15, 0.2) is 30.3 Å². The van der Waals surface area contributed by atoms with Crippen molar-refractivity contribution in [1.29, 1.82) is 0 Å². The van der Waals surface area contributed by atoms with E-state index in [1.807, 2.05) is 42.3 Å². The van der Waals surface area contributed by atoms with E-state index in [1.54, 1.807) is 0 Å². The number of imide groups is 1. The molecule has 102 valence electrons. The molecule has 0 unspecified atom stereocenters. The second-order valence-corrected chi connectivity index (χ2v) is 4.69. The lowest BCUT2D eigenvalue weighted by Gasteiger charge is -2.17. The molecule has 1 saturated heterocycles. The van der Waals surface area contributed by atoms with Gasteiger partial charge in [0.2, 0.25) is 5.91 Å². The first-order chi connectivity index (χ1) is 9.16. The van der Waals surface area contributed by atoms with Gasteiger partial charge in [-0.3, -0.25) is 15.0 Å².